The fraction of sp³-hybridized carbons (Fsp3) is 0.533. The average molecular weight is 243 g/mol. The van der Waals surface area contributed by atoms with Crippen LogP contribution in [0.5, 0.6) is 0 Å². The Labute approximate surface area is 108 Å². The highest BCUT2D eigenvalue weighted by molar-refractivity contribution is 5.79. The lowest BCUT2D eigenvalue weighted by Crippen LogP contribution is -2.11. The van der Waals surface area contributed by atoms with Crippen molar-refractivity contribution in [1.29, 1.82) is 0 Å². The molecule has 2 aromatic rings. The zero-order valence-corrected chi connectivity index (χ0v) is 11.0. The first-order valence-electron chi connectivity index (χ1n) is 7.00. The van der Waals surface area contributed by atoms with Gasteiger partial charge >= 0.3 is 0 Å². The Morgan fingerprint density at radius 1 is 1.17 bits per heavy atom. The summed E-state index contributed by atoms with van der Waals surface area (Å²) >= 11 is 0. The van der Waals surface area contributed by atoms with E-state index in [0.29, 0.717) is 12.0 Å². The first-order valence-corrected chi connectivity index (χ1v) is 7.00. The van der Waals surface area contributed by atoms with Gasteiger partial charge in [0.2, 0.25) is 5.95 Å². The van der Waals surface area contributed by atoms with Gasteiger partial charge in [-0.25, -0.2) is 4.98 Å². The molecule has 1 heterocycles. The molecule has 18 heavy (non-hydrogen) atoms. The molecule has 1 fully saturated rings. The van der Waals surface area contributed by atoms with Crippen molar-refractivity contribution in [2.24, 2.45) is 0 Å². The van der Waals surface area contributed by atoms with Gasteiger partial charge in [0.15, 0.2) is 0 Å². The first-order chi connectivity index (χ1) is 8.75. The van der Waals surface area contributed by atoms with Gasteiger partial charge in [-0.05, 0) is 37.5 Å². The summed E-state index contributed by atoms with van der Waals surface area (Å²) in [4.78, 5) is 4.52. The van der Waals surface area contributed by atoms with Gasteiger partial charge in [0.25, 0.3) is 0 Å². The highest BCUT2D eigenvalue weighted by Crippen LogP contribution is 2.32. The maximum Gasteiger partial charge on any atom is 0.201 e. The number of fused-ring (bicyclic) bond motifs is 1. The Bertz CT molecular complexity index is 548. The molecule has 1 aliphatic rings. The van der Waals surface area contributed by atoms with Crippen LogP contribution in [-0.2, 0) is 0 Å². The molecule has 96 valence electrons. The molecule has 2 N–H and O–H groups in total. The highest BCUT2D eigenvalue weighted by Gasteiger charge is 2.19. The van der Waals surface area contributed by atoms with Crippen LogP contribution in [0.25, 0.3) is 11.0 Å². The van der Waals surface area contributed by atoms with Gasteiger partial charge in [-0.1, -0.05) is 31.7 Å². The molecule has 0 amide bonds. The molecule has 3 heteroatoms. The van der Waals surface area contributed by atoms with Gasteiger partial charge in [-0.15, -0.1) is 0 Å². The third-order valence-electron chi connectivity index (χ3n) is 4.06. The molecule has 0 saturated heterocycles. The minimum atomic E-state index is 0.542. The zero-order chi connectivity index (χ0) is 12.5. The Hall–Kier alpha value is -1.51. The van der Waals surface area contributed by atoms with Crippen LogP contribution in [0, 0.1) is 6.92 Å². The molecule has 1 aromatic heterocycles. The van der Waals surface area contributed by atoms with Gasteiger partial charge in [-0.2, -0.15) is 0 Å². The molecule has 3 nitrogen and oxygen atoms in total. The summed E-state index contributed by atoms with van der Waals surface area (Å²) in [7, 11) is 0. The second-order valence-corrected chi connectivity index (χ2v) is 5.48. The number of rotatable bonds is 1. The van der Waals surface area contributed by atoms with Gasteiger partial charge in [-0.3, -0.25) is 0 Å². The monoisotopic (exact) mass is 243 g/mol. The van der Waals surface area contributed by atoms with E-state index in [1.165, 1.54) is 49.6 Å². The minimum absolute atomic E-state index is 0.542. The Balaban J connectivity index is 2.06. The normalized spacial score (nSPS) is 18.1. The lowest BCUT2D eigenvalue weighted by atomic mass is 10.1. The zero-order valence-electron chi connectivity index (χ0n) is 11.0. The molecule has 0 unspecified atom stereocenters. The van der Waals surface area contributed by atoms with Crippen molar-refractivity contribution in [3.8, 4) is 0 Å². The lowest BCUT2D eigenvalue weighted by molar-refractivity contribution is 0.459. The van der Waals surface area contributed by atoms with Crippen LogP contribution in [0.4, 0.5) is 5.95 Å². The number of hydrogen-bond acceptors (Lipinski definition) is 2. The molecule has 0 spiro atoms. The summed E-state index contributed by atoms with van der Waals surface area (Å²) in [5.41, 5.74) is 9.62. The Morgan fingerprint density at radius 3 is 2.61 bits per heavy atom. The molecule has 0 aliphatic heterocycles. The number of nitrogen functional groups attached to an aromatic ring is 1. The largest absolute Gasteiger partial charge is 0.369 e. The van der Waals surface area contributed by atoms with E-state index in [1.807, 2.05) is 0 Å². The van der Waals surface area contributed by atoms with Crippen LogP contribution >= 0.6 is 0 Å². The number of anilines is 1. The number of aromatic nitrogens is 2. The van der Waals surface area contributed by atoms with Crippen LogP contribution in [0.15, 0.2) is 18.2 Å². The predicted octanol–water partition coefficient (Wildman–Crippen LogP) is 3.82. The Morgan fingerprint density at radius 2 is 1.89 bits per heavy atom. The van der Waals surface area contributed by atoms with Gasteiger partial charge in [0, 0.05) is 6.04 Å². The summed E-state index contributed by atoms with van der Waals surface area (Å²) in [6.45, 7) is 2.10. The van der Waals surface area contributed by atoms with Crippen LogP contribution in [0.3, 0.4) is 0 Å². The fourth-order valence-electron chi connectivity index (χ4n) is 3.13. The molecule has 1 aliphatic carbocycles. The average Bonchev–Trinajstić information content (AvgIpc) is 2.54. The van der Waals surface area contributed by atoms with Crippen molar-refractivity contribution in [3.05, 3.63) is 23.8 Å². The van der Waals surface area contributed by atoms with E-state index < -0.39 is 0 Å². The molecule has 1 saturated carbocycles. The van der Waals surface area contributed by atoms with Crippen molar-refractivity contribution in [1.82, 2.24) is 9.55 Å². The summed E-state index contributed by atoms with van der Waals surface area (Å²) in [6, 6.07) is 6.98. The molecule has 0 bridgehead atoms. The second kappa shape index (κ2) is 4.63. The van der Waals surface area contributed by atoms with Crippen LogP contribution in [-0.4, -0.2) is 9.55 Å². The molecule has 1 aromatic carbocycles. The number of aryl methyl sites for hydroxylation is 1. The number of nitrogens with two attached hydrogens (primary N) is 1. The van der Waals surface area contributed by atoms with Crippen molar-refractivity contribution in [2.45, 2.75) is 51.5 Å². The summed E-state index contributed by atoms with van der Waals surface area (Å²) in [6.07, 6.45) is 7.84. The van der Waals surface area contributed by atoms with Crippen LogP contribution in [0.1, 0.15) is 50.1 Å². The predicted molar refractivity (Wildman–Crippen MR) is 75.6 cm³/mol. The van der Waals surface area contributed by atoms with Gasteiger partial charge in [0.05, 0.1) is 11.0 Å². The fourth-order valence-corrected chi connectivity index (χ4v) is 3.13. The number of benzene rings is 1. The maximum atomic E-state index is 6.14. The standard InChI is InChI=1S/C15H21N3/c1-11-8-9-14-13(10-11)17-15(16)18(14)12-6-4-2-3-5-7-12/h8-10,12H,2-7H2,1H3,(H2,16,17). The van der Waals surface area contributed by atoms with E-state index in [2.05, 4.69) is 34.7 Å². The van der Waals surface area contributed by atoms with E-state index in [-0.39, 0.29) is 0 Å². The highest BCUT2D eigenvalue weighted by atomic mass is 15.2. The smallest absolute Gasteiger partial charge is 0.201 e. The van der Waals surface area contributed by atoms with E-state index in [9.17, 15) is 0 Å². The van der Waals surface area contributed by atoms with Crippen molar-refractivity contribution in [3.63, 3.8) is 0 Å². The quantitative estimate of drug-likeness (QED) is 0.774. The van der Waals surface area contributed by atoms with Crippen LogP contribution < -0.4 is 5.73 Å². The van der Waals surface area contributed by atoms with Gasteiger partial charge < -0.3 is 10.3 Å². The van der Waals surface area contributed by atoms with Crippen molar-refractivity contribution >= 4 is 17.0 Å². The molecular formula is C15H21N3. The third kappa shape index (κ3) is 1.98. The third-order valence-corrected chi connectivity index (χ3v) is 4.06. The SMILES string of the molecule is Cc1ccc2c(c1)nc(N)n2C1CCCCCC1. The first kappa shape index (κ1) is 11.6. The number of imidazole rings is 1. The maximum absolute atomic E-state index is 6.14. The van der Waals surface area contributed by atoms with Gasteiger partial charge in [0.1, 0.15) is 0 Å². The Kier molecular flexibility index (Phi) is 2.98. The topological polar surface area (TPSA) is 43.8 Å². The minimum Gasteiger partial charge on any atom is -0.369 e. The summed E-state index contributed by atoms with van der Waals surface area (Å²) in [5.74, 6) is 0.683. The van der Waals surface area contributed by atoms with Crippen LogP contribution in [0.2, 0.25) is 0 Å². The second-order valence-electron chi connectivity index (χ2n) is 5.48. The van der Waals surface area contributed by atoms with E-state index in [4.69, 9.17) is 5.73 Å². The van der Waals surface area contributed by atoms with Crippen molar-refractivity contribution < 1.29 is 0 Å². The molecule has 0 atom stereocenters. The van der Waals surface area contributed by atoms with E-state index >= 15 is 0 Å². The van der Waals surface area contributed by atoms with E-state index in [0.717, 1.165) is 5.52 Å². The number of nitrogens with zero attached hydrogens (tertiary/aromatic N) is 2. The van der Waals surface area contributed by atoms with Crippen molar-refractivity contribution in [2.75, 3.05) is 5.73 Å². The molecule has 0 radical (unpaired) electrons. The molecular weight excluding hydrogens is 222 g/mol. The lowest BCUT2D eigenvalue weighted by Gasteiger charge is -2.18. The summed E-state index contributed by atoms with van der Waals surface area (Å²) < 4.78 is 2.26. The number of hydrogen-bond donors (Lipinski definition) is 1. The summed E-state index contributed by atoms with van der Waals surface area (Å²) in [5, 5.41) is 0. The molecule has 3 rings (SSSR count). The van der Waals surface area contributed by atoms with E-state index in [1.54, 1.807) is 0 Å².